The van der Waals surface area contributed by atoms with Crippen molar-refractivity contribution >= 4 is 5.91 Å². The summed E-state index contributed by atoms with van der Waals surface area (Å²) in [6.07, 6.45) is 2.04. The van der Waals surface area contributed by atoms with Gasteiger partial charge in [-0.2, -0.15) is 0 Å². The van der Waals surface area contributed by atoms with Crippen molar-refractivity contribution in [3.63, 3.8) is 0 Å². The summed E-state index contributed by atoms with van der Waals surface area (Å²) in [5.74, 6) is 1.07. The van der Waals surface area contributed by atoms with E-state index in [4.69, 9.17) is 4.74 Å². The summed E-state index contributed by atoms with van der Waals surface area (Å²) in [6, 6.07) is 16.3. The fourth-order valence-electron chi connectivity index (χ4n) is 3.31. The summed E-state index contributed by atoms with van der Waals surface area (Å²) in [4.78, 5) is 12.4. The predicted octanol–water partition coefficient (Wildman–Crippen LogP) is 3.75. The van der Waals surface area contributed by atoms with Gasteiger partial charge in [0, 0.05) is 6.54 Å². The van der Waals surface area contributed by atoms with E-state index >= 15 is 0 Å². The minimum Gasteiger partial charge on any atom is -0.489 e. The number of nitrogens with one attached hydrogen (secondary N) is 2. The molecule has 2 unspecified atom stereocenters. The highest BCUT2D eigenvalue weighted by atomic mass is 16.5. The number of hydrogen-bond acceptors (Lipinski definition) is 3. The van der Waals surface area contributed by atoms with Crippen LogP contribution in [0.2, 0.25) is 0 Å². The average Bonchev–Trinajstić information content (AvgIpc) is 2.67. The van der Waals surface area contributed by atoms with Gasteiger partial charge in [-0.3, -0.25) is 4.79 Å². The molecule has 1 aliphatic rings. The number of carbonyl (C=O) groups excluding carboxylic acids is 1. The number of benzene rings is 2. The second-order valence-electron chi connectivity index (χ2n) is 7.12. The highest BCUT2D eigenvalue weighted by Crippen LogP contribution is 2.20. The van der Waals surface area contributed by atoms with Crippen LogP contribution in [0.4, 0.5) is 0 Å². The predicted molar refractivity (Wildman–Crippen MR) is 104 cm³/mol. The minimum atomic E-state index is -0.00440. The van der Waals surface area contributed by atoms with E-state index in [0.29, 0.717) is 6.61 Å². The largest absolute Gasteiger partial charge is 0.489 e. The summed E-state index contributed by atoms with van der Waals surface area (Å²) in [6.45, 7) is 6.46. The topological polar surface area (TPSA) is 50.4 Å². The van der Waals surface area contributed by atoms with Gasteiger partial charge in [-0.25, -0.2) is 0 Å². The van der Waals surface area contributed by atoms with Gasteiger partial charge < -0.3 is 15.4 Å². The normalized spacial score (nSPS) is 18.2. The van der Waals surface area contributed by atoms with Crippen LogP contribution in [0.5, 0.6) is 5.75 Å². The van der Waals surface area contributed by atoms with E-state index in [0.717, 1.165) is 42.8 Å². The van der Waals surface area contributed by atoms with Crippen LogP contribution < -0.4 is 15.4 Å². The molecule has 0 bridgehead atoms. The van der Waals surface area contributed by atoms with Crippen LogP contribution in [-0.4, -0.2) is 19.0 Å². The number of ether oxygens (including phenoxy) is 1. The van der Waals surface area contributed by atoms with E-state index in [1.807, 2.05) is 37.3 Å². The molecule has 0 aromatic heterocycles. The summed E-state index contributed by atoms with van der Waals surface area (Å²) in [7, 11) is 0. The minimum absolute atomic E-state index is 0.00440. The zero-order valence-electron chi connectivity index (χ0n) is 15.6. The standard InChI is InChI=1S/C22H28N2O2/c1-16-5-3-6-18(13-16)15-26-21-10-8-19(9-11-21)17(2)24-22(25)20-7-4-12-23-14-20/h3,5-6,8-11,13,17,20,23H,4,7,12,14-15H2,1-2H3,(H,24,25). The first-order valence-corrected chi connectivity index (χ1v) is 9.41. The molecule has 2 aromatic rings. The molecule has 1 aliphatic heterocycles. The van der Waals surface area contributed by atoms with Crippen LogP contribution >= 0.6 is 0 Å². The molecule has 2 atom stereocenters. The lowest BCUT2D eigenvalue weighted by molar-refractivity contribution is -0.126. The maximum atomic E-state index is 12.4. The Labute approximate surface area is 156 Å². The van der Waals surface area contributed by atoms with Crippen molar-refractivity contribution in [2.45, 2.75) is 39.3 Å². The SMILES string of the molecule is Cc1cccc(COc2ccc(C(C)NC(=O)C3CCCNC3)cc2)c1. The molecule has 3 rings (SSSR count). The lowest BCUT2D eigenvalue weighted by Gasteiger charge is -2.24. The van der Waals surface area contributed by atoms with E-state index in [2.05, 4.69) is 35.8 Å². The third-order valence-electron chi connectivity index (χ3n) is 4.89. The lowest BCUT2D eigenvalue weighted by Crippen LogP contribution is -2.41. The smallest absolute Gasteiger partial charge is 0.224 e. The average molecular weight is 352 g/mol. The Bertz CT molecular complexity index is 721. The van der Waals surface area contributed by atoms with E-state index in [1.165, 1.54) is 5.56 Å². The van der Waals surface area contributed by atoms with Crippen molar-refractivity contribution in [2.24, 2.45) is 5.92 Å². The molecule has 4 nitrogen and oxygen atoms in total. The third-order valence-corrected chi connectivity index (χ3v) is 4.89. The summed E-state index contributed by atoms with van der Waals surface area (Å²) in [5.41, 5.74) is 3.49. The zero-order chi connectivity index (χ0) is 18.4. The van der Waals surface area contributed by atoms with Crippen LogP contribution in [0.1, 0.15) is 42.5 Å². The van der Waals surface area contributed by atoms with E-state index in [1.54, 1.807) is 0 Å². The van der Waals surface area contributed by atoms with Crippen LogP contribution in [-0.2, 0) is 11.4 Å². The molecule has 0 radical (unpaired) electrons. The molecule has 26 heavy (non-hydrogen) atoms. The molecule has 1 fully saturated rings. The second-order valence-corrected chi connectivity index (χ2v) is 7.12. The lowest BCUT2D eigenvalue weighted by atomic mass is 9.98. The molecular weight excluding hydrogens is 324 g/mol. The quantitative estimate of drug-likeness (QED) is 0.832. The Kier molecular flexibility index (Phi) is 6.29. The van der Waals surface area contributed by atoms with Crippen LogP contribution in [0.25, 0.3) is 0 Å². The molecule has 1 amide bonds. The van der Waals surface area contributed by atoms with Gasteiger partial charge in [-0.05, 0) is 56.5 Å². The third kappa shape index (κ3) is 5.09. The van der Waals surface area contributed by atoms with E-state index < -0.39 is 0 Å². The maximum Gasteiger partial charge on any atom is 0.224 e. The first-order valence-electron chi connectivity index (χ1n) is 9.41. The molecule has 4 heteroatoms. The Morgan fingerprint density at radius 2 is 2.08 bits per heavy atom. The number of rotatable bonds is 6. The molecule has 2 aromatic carbocycles. The zero-order valence-corrected chi connectivity index (χ0v) is 15.6. The fraction of sp³-hybridized carbons (Fsp3) is 0.409. The maximum absolute atomic E-state index is 12.4. The molecule has 0 spiro atoms. The molecule has 138 valence electrons. The Morgan fingerprint density at radius 3 is 2.77 bits per heavy atom. The van der Waals surface area contributed by atoms with Crippen molar-refractivity contribution < 1.29 is 9.53 Å². The number of hydrogen-bond donors (Lipinski definition) is 2. The van der Waals surface area contributed by atoms with Crippen molar-refractivity contribution in [3.8, 4) is 5.75 Å². The highest BCUT2D eigenvalue weighted by molar-refractivity contribution is 5.79. The van der Waals surface area contributed by atoms with Gasteiger partial charge in [0.15, 0.2) is 0 Å². The fourth-order valence-corrected chi connectivity index (χ4v) is 3.31. The molecule has 0 saturated carbocycles. The summed E-state index contributed by atoms with van der Waals surface area (Å²) >= 11 is 0. The second kappa shape index (κ2) is 8.86. The number of carbonyl (C=O) groups is 1. The molecule has 1 heterocycles. The molecule has 0 aliphatic carbocycles. The molecular formula is C22H28N2O2. The van der Waals surface area contributed by atoms with Crippen molar-refractivity contribution in [3.05, 3.63) is 65.2 Å². The van der Waals surface area contributed by atoms with Gasteiger partial charge >= 0.3 is 0 Å². The van der Waals surface area contributed by atoms with Crippen LogP contribution in [0.3, 0.4) is 0 Å². The monoisotopic (exact) mass is 352 g/mol. The Balaban J connectivity index is 1.52. The van der Waals surface area contributed by atoms with Crippen LogP contribution in [0, 0.1) is 12.8 Å². The number of aryl methyl sites for hydroxylation is 1. The van der Waals surface area contributed by atoms with Crippen molar-refractivity contribution in [1.82, 2.24) is 10.6 Å². The van der Waals surface area contributed by atoms with Crippen LogP contribution in [0.15, 0.2) is 48.5 Å². The number of piperidine rings is 1. The molecule has 2 N–H and O–H groups in total. The van der Waals surface area contributed by atoms with Gasteiger partial charge in [0.2, 0.25) is 5.91 Å². The van der Waals surface area contributed by atoms with Gasteiger partial charge in [0.25, 0.3) is 0 Å². The van der Waals surface area contributed by atoms with Gasteiger partial charge in [-0.15, -0.1) is 0 Å². The summed E-state index contributed by atoms with van der Waals surface area (Å²) in [5, 5.41) is 6.42. The highest BCUT2D eigenvalue weighted by Gasteiger charge is 2.22. The van der Waals surface area contributed by atoms with Crippen molar-refractivity contribution in [1.29, 1.82) is 0 Å². The van der Waals surface area contributed by atoms with Crippen molar-refractivity contribution in [2.75, 3.05) is 13.1 Å². The number of amides is 1. The van der Waals surface area contributed by atoms with Gasteiger partial charge in [0.05, 0.1) is 12.0 Å². The first-order chi connectivity index (χ1) is 12.6. The Hall–Kier alpha value is -2.33. The summed E-state index contributed by atoms with van der Waals surface area (Å²) < 4.78 is 5.86. The first kappa shape index (κ1) is 18.5. The molecule has 1 saturated heterocycles. The van der Waals surface area contributed by atoms with E-state index in [9.17, 15) is 4.79 Å². The van der Waals surface area contributed by atoms with E-state index in [-0.39, 0.29) is 17.9 Å². The van der Waals surface area contributed by atoms with Gasteiger partial charge in [-0.1, -0.05) is 42.0 Å². The Morgan fingerprint density at radius 1 is 1.27 bits per heavy atom. The van der Waals surface area contributed by atoms with Gasteiger partial charge in [0.1, 0.15) is 12.4 Å².